The molecule has 1 rings (SSSR count). The lowest BCUT2D eigenvalue weighted by Gasteiger charge is -2.29. The Hall–Kier alpha value is -1.42. The predicted octanol–water partition coefficient (Wildman–Crippen LogP) is 2.76. The number of benzene rings is 1. The molecule has 0 heterocycles. The molecule has 0 amide bonds. The second-order valence-corrected chi connectivity index (χ2v) is 5.02. The van der Waals surface area contributed by atoms with Crippen molar-refractivity contribution < 1.29 is 14.3 Å². The van der Waals surface area contributed by atoms with Gasteiger partial charge in [0.2, 0.25) is 0 Å². The van der Waals surface area contributed by atoms with E-state index in [0.717, 1.165) is 5.56 Å². The maximum Gasteiger partial charge on any atom is 0.310 e. The molecule has 4 heteroatoms. The van der Waals surface area contributed by atoms with Crippen LogP contribution in [0.5, 0.6) is 0 Å². The van der Waals surface area contributed by atoms with Crippen molar-refractivity contribution in [3.8, 4) is 0 Å². The van der Waals surface area contributed by atoms with E-state index in [1.165, 1.54) is 12.1 Å². The summed E-state index contributed by atoms with van der Waals surface area (Å²) < 4.78 is 13.0. The largest absolute Gasteiger partial charge is 0.481 e. The number of nitrogens with zero attached hydrogens (tertiary/aromatic N) is 1. The Balaban J connectivity index is 2.66. The molecule has 0 aliphatic rings. The first-order chi connectivity index (χ1) is 8.37. The van der Waals surface area contributed by atoms with Crippen LogP contribution in [0, 0.1) is 11.2 Å². The molecule has 1 aromatic carbocycles. The third kappa shape index (κ3) is 3.81. The summed E-state index contributed by atoms with van der Waals surface area (Å²) in [5.41, 5.74) is 0.0866. The summed E-state index contributed by atoms with van der Waals surface area (Å²) in [6.45, 7) is 4.58. The minimum absolute atomic E-state index is 0.266. The Morgan fingerprint density at radius 1 is 1.50 bits per heavy atom. The first-order valence-electron chi connectivity index (χ1n) is 6.04. The second-order valence-electron chi connectivity index (χ2n) is 5.02. The van der Waals surface area contributed by atoms with E-state index in [0.29, 0.717) is 19.5 Å². The van der Waals surface area contributed by atoms with E-state index in [4.69, 9.17) is 0 Å². The number of carbonyl (C=O) groups is 1. The van der Waals surface area contributed by atoms with Gasteiger partial charge in [-0.2, -0.15) is 0 Å². The van der Waals surface area contributed by atoms with E-state index in [9.17, 15) is 14.3 Å². The van der Waals surface area contributed by atoms with Crippen LogP contribution in [-0.2, 0) is 11.3 Å². The van der Waals surface area contributed by atoms with E-state index < -0.39 is 11.4 Å². The van der Waals surface area contributed by atoms with Gasteiger partial charge in [-0.15, -0.1) is 0 Å². The Kier molecular flexibility index (Phi) is 4.84. The van der Waals surface area contributed by atoms with E-state index >= 15 is 0 Å². The summed E-state index contributed by atoms with van der Waals surface area (Å²) in [4.78, 5) is 13.1. The molecule has 3 nitrogen and oxygen atoms in total. The van der Waals surface area contributed by atoms with Gasteiger partial charge in [-0.25, -0.2) is 4.39 Å². The molecule has 0 spiro atoms. The van der Waals surface area contributed by atoms with Gasteiger partial charge in [-0.05, 0) is 38.1 Å². The molecule has 0 aromatic heterocycles. The van der Waals surface area contributed by atoms with E-state index in [2.05, 4.69) is 0 Å². The van der Waals surface area contributed by atoms with Crippen LogP contribution in [0.4, 0.5) is 4.39 Å². The highest BCUT2D eigenvalue weighted by Gasteiger charge is 2.32. The van der Waals surface area contributed by atoms with Crippen molar-refractivity contribution in [2.45, 2.75) is 26.8 Å². The van der Waals surface area contributed by atoms with Gasteiger partial charge in [0.05, 0.1) is 5.41 Å². The van der Waals surface area contributed by atoms with Crippen LogP contribution in [0.25, 0.3) is 0 Å². The predicted molar refractivity (Wildman–Crippen MR) is 68.8 cm³/mol. The maximum atomic E-state index is 13.0. The standard InChI is InChI=1S/C14H20FNO2/c1-4-14(2,13(17)18)10-16(3)9-11-6-5-7-12(15)8-11/h5-8H,4,9-10H2,1-3H3,(H,17,18). The molecular weight excluding hydrogens is 233 g/mol. The topological polar surface area (TPSA) is 40.5 Å². The zero-order chi connectivity index (χ0) is 13.8. The normalized spacial score (nSPS) is 14.5. The van der Waals surface area contributed by atoms with Crippen LogP contribution in [-0.4, -0.2) is 29.6 Å². The number of hydrogen-bond acceptors (Lipinski definition) is 2. The molecule has 100 valence electrons. The molecule has 1 aromatic rings. The minimum Gasteiger partial charge on any atom is -0.481 e. The smallest absolute Gasteiger partial charge is 0.310 e. The molecule has 0 saturated carbocycles. The molecule has 1 atom stereocenters. The lowest BCUT2D eigenvalue weighted by atomic mass is 9.87. The van der Waals surface area contributed by atoms with E-state index in [1.54, 1.807) is 13.0 Å². The van der Waals surface area contributed by atoms with Crippen LogP contribution in [0.1, 0.15) is 25.8 Å². The third-order valence-corrected chi connectivity index (χ3v) is 3.26. The number of halogens is 1. The monoisotopic (exact) mass is 253 g/mol. The number of hydrogen-bond donors (Lipinski definition) is 1. The summed E-state index contributed by atoms with van der Waals surface area (Å²) in [5, 5.41) is 9.20. The van der Waals surface area contributed by atoms with Crippen LogP contribution in [0.15, 0.2) is 24.3 Å². The highest BCUT2D eigenvalue weighted by Crippen LogP contribution is 2.23. The average Bonchev–Trinajstić information content (AvgIpc) is 2.28. The van der Waals surface area contributed by atoms with Crippen LogP contribution < -0.4 is 0 Å². The van der Waals surface area contributed by atoms with Crippen molar-refractivity contribution in [2.75, 3.05) is 13.6 Å². The first-order valence-corrected chi connectivity index (χ1v) is 6.04. The van der Waals surface area contributed by atoms with E-state index in [-0.39, 0.29) is 5.82 Å². The van der Waals surface area contributed by atoms with Gasteiger partial charge in [-0.3, -0.25) is 4.79 Å². The highest BCUT2D eigenvalue weighted by molar-refractivity contribution is 5.74. The molecule has 1 unspecified atom stereocenters. The molecule has 0 aliphatic heterocycles. The number of carboxylic acid groups (broad SMARTS) is 1. The first kappa shape index (κ1) is 14.6. The van der Waals surface area contributed by atoms with Crippen molar-refractivity contribution in [1.82, 2.24) is 4.90 Å². The Morgan fingerprint density at radius 3 is 2.67 bits per heavy atom. The Bertz CT molecular complexity index is 422. The lowest BCUT2D eigenvalue weighted by molar-refractivity contribution is -0.149. The molecule has 0 saturated heterocycles. The van der Waals surface area contributed by atoms with E-state index in [1.807, 2.05) is 24.9 Å². The quantitative estimate of drug-likeness (QED) is 0.847. The van der Waals surface area contributed by atoms with Gasteiger partial charge in [0.1, 0.15) is 5.82 Å². The van der Waals surface area contributed by atoms with Gasteiger partial charge >= 0.3 is 5.97 Å². The molecular formula is C14H20FNO2. The second kappa shape index (κ2) is 5.96. The summed E-state index contributed by atoms with van der Waals surface area (Å²) in [6.07, 6.45) is 0.565. The van der Waals surface area contributed by atoms with Gasteiger partial charge in [0.25, 0.3) is 0 Å². The number of aliphatic carboxylic acids is 1. The fraction of sp³-hybridized carbons (Fsp3) is 0.500. The molecule has 0 radical (unpaired) electrons. The number of carboxylic acids is 1. The Morgan fingerprint density at radius 2 is 2.17 bits per heavy atom. The minimum atomic E-state index is -0.795. The zero-order valence-electron chi connectivity index (χ0n) is 11.1. The zero-order valence-corrected chi connectivity index (χ0v) is 11.1. The maximum absolute atomic E-state index is 13.0. The summed E-state index contributed by atoms with van der Waals surface area (Å²) in [5.74, 6) is -1.06. The molecule has 1 N–H and O–H groups in total. The van der Waals surface area contributed by atoms with Crippen molar-refractivity contribution in [3.63, 3.8) is 0 Å². The van der Waals surface area contributed by atoms with Crippen LogP contribution in [0.3, 0.4) is 0 Å². The van der Waals surface area contributed by atoms with Crippen molar-refractivity contribution in [1.29, 1.82) is 0 Å². The fourth-order valence-electron chi connectivity index (χ4n) is 1.93. The summed E-state index contributed by atoms with van der Waals surface area (Å²) >= 11 is 0. The van der Waals surface area contributed by atoms with Gasteiger partial charge in [-0.1, -0.05) is 19.1 Å². The molecule has 0 bridgehead atoms. The van der Waals surface area contributed by atoms with Gasteiger partial charge < -0.3 is 10.0 Å². The Labute approximate surface area is 107 Å². The summed E-state index contributed by atoms with van der Waals surface area (Å²) in [6, 6.07) is 6.37. The molecule has 18 heavy (non-hydrogen) atoms. The third-order valence-electron chi connectivity index (χ3n) is 3.26. The van der Waals surface area contributed by atoms with Crippen molar-refractivity contribution in [2.24, 2.45) is 5.41 Å². The van der Waals surface area contributed by atoms with Crippen LogP contribution >= 0.6 is 0 Å². The van der Waals surface area contributed by atoms with Crippen LogP contribution in [0.2, 0.25) is 0 Å². The molecule has 0 aliphatic carbocycles. The summed E-state index contributed by atoms with van der Waals surface area (Å²) in [7, 11) is 1.85. The van der Waals surface area contributed by atoms with Gasteiger partial charge in [0, 0.05) is 13.1 Å². The number of rotatable bonds is 6. The lowest BCUT2D eigenvalue weighted by Crippen LogP contribution is -2.38. The SMILES string of the molecule is CCC(C)(CN(C)Cc1cccc(F)c1)C(=O)O. The van der Waals surface area contributed by atoms with Crippen molar-refractivity contribution in [3.05, 3.63) is 35.6 Å². The van der Waals surface area contributed by atoms with Gasteiger partial charge in [0.15, 0.2) is 0 Å². The van der Waals surface area contributed by atoms with Crippen molar-refractivity contribution >= 4 is 5.97 Å². The molecule has 0 fully saturated rings. The average molecular weight is 253 g/mol. The highest BCUT2D eigenvalue weighted by atomic mass is 19.1. The fourth-order valence-corrected chi connectivity index (χ4v) is 1.93.